The Kier molecular flexibility index (Phi) is 3.40. The van der Waals surface area contributed by atoms with E-state index in [0.717, 1.165) is 0 Å². The van der Waals surface area contributed by atoms with Crippen LogP contribution in [-0.4, -0.2) is 33.8 Å². The molecule has 2 rings (SSSR count). The summed E-state index contributed by atoms with van der Waals surface area (Å²) in [6.07, 6.45) is 0. The van der Waals surface area contributed by atoms with Crippen LogP contribution in [-0.2, 0) is 11.8 Å². The van der Waals surface area contributed by atoms with Crippen molar-refractivity contribution in [3.05, 3.63) is 29.5 Å². The Morgan fingerprint density at radius 1 is 1.30 bits per heavy atom. The van der Waals surface area contributed by atoms with Crippen LogP contribution in [0.2, 0.25) is 0 Å². The highest BCUT2D eigenvalue weighted by atomic mass is 16.5. The van der Waals surface area contributed by atoms with Crippen molar-refractivity contribution in [1.82, 2.24) is 4.57 Å². The van der Waals surface area contributed by atoms with Crippen LogP contribution in [0.15, 0.2) is 18.2 Å². The van der Waals surface area contributed by atoms with E-state index in [1.807, 2.05) is 0 Å². The minimum Gasteiger partial charge on any atom is -0.497 e. The number of carbonyl (C=O) groups is 2. The zero-order chi connectivity index (χ0) is 15.0. The maximum atomic E-state index is 11.4. The third-order valence-electron chi connectivity index (χ3n) is 3.45. The minimum atomic E-state index is -1.15. The van der Waals surface area contributed by atoms with E-state index in [1.54, 1.807) is 25.2 Å². The molecule has 0 amide bonds. The van der Waals surface area contributed by atoms with Crippen LogP contribution in [0, 0.1) is 0 Å². The summed E-state index contributed by atoms with van der Waals surface area (Å²) in [5.74, 6) is -2.58. The molecule has 0 saturated carbocycles. The Labute approximate surface area is 115 Å². The lowest BCUT2D eigenvalue weighted by Crippen LogP contribution is -2.13. The molecule has 0 bridgehead atoms. The van der Waals surface area contributed by atoms with Gasteiger partial charge in [-0.15, -0.1) is 0 Å². The third kappa shape index (κ3) is 1.99. The smallest absolute Gasteiger partial charge is 0.352 e. The molecule has 1 unspecified atom stereocenters. The van der Waals surface area contributed by atoms with E-state index < -0.39 is 17.9 Å². The average Bonchev–Trinajstić information content (AvgIpc) is 2.70. The predicted molar refractivity (Wildman–Crippen MR) is 72.5 cm³/mol. The number of fused-ring (bicyclic) bond motifs is 1. The molecular formula is C14H15NO5. The first-order valence-electron chi connectivity index (χ1n) is 6.00. The number of hydrogen-bond donors (Lipinski definition) is 2. The lowest BCUT2D eigenvalue weighted by Gasteiger charge is -2.08. The van der Waals surface area contributed by atoms with Crippen LogP contribution >= 0.6 is 0 Å². The number of methoxy groups -OCH3 is 1. The van der Waals surface area contributed by atoms with Gasteiger partial charge in [-0.1, -0.05) is 0 Å². The molecule has 0 aliphatic carbocycles. The standard InChI is InChI=1S/C14H15NO5/c1-7(13(16)17)11-9-6-8(20-3)4-5-10(9)15(2)12(11)14(18)19/h4-7H,1-3H3,(H,16,17)(H,18,19). The quantitative estimate of drug-likeness (QED) is 0.893. The van der Waals surface area contributed by atoms with Crippen molar-refractivity contribution in [2.45, 2.75) is 12.8 Å². The molecule has 0 fully saturated rings. The molecule has 0 aliphatic heterocycles. The monoisotopic (exact) mass is 277 g/mol. The molecule has 1 atom stereocenters. The number of carboxylic acid groups (broad SMARTS) is 2. The second-order valence-electron chi connectivity index (χ2n) is 4.57. The number of carboxylic acids is 2. The van der Waals surface area contributed by atoms with Crippen LogP contribution < -0.4 is 4.74 Å². The number of rotatable bonds is 4. The Morgan fingerprint density at radius 3 is 2.45 bits per heavy atom. The molecule has 6 nitrogen and oxygen atoms in total. The molecule has 1 aromatic heterocycles. The fourth-order valence-corrected chi connectivity index (χ4v) is 2.40. The van der Waals surface area contributed by atoms with Crippen molar-refractivity contribution in [1.29, 1.82) is 0 Å². The number of aromatic nitrogens is 1. The molecule has 106 valence electrons. The van der Waals surface area contributed by atoms with Gasteiger partial charge in [-0.2, -0.15) is 0 Å². The summed E-state index contributed by atoms with van der Waals surface area (Å²) < 4.78 is 6.61. The summed E-state index contributed by atoms with van der Waals surface area (Å²) in [7, 11) is 3.11. The second kappa shape index (κ2) is 4.88. The maximum absolute atomic E-state index is 11.4. The van der Waals surface area contributed by atoms with Crippen molar-refractivity contribution >= 4 is 22.8 Å². The summed E-state index contributed by atoms with van der Waals surface area (Å²) in [4.78, 5) is 22.7. The van der Waals surface area contributed by atoms with Gasteiger partial charge in [-0.25, -0.2) is 4.79 Å². The summed E-state index contributed by atoms with van der Waals surface area (Å²) in [5, 5.41) is 19.1. The highest BCUT2D eigenvalue weighted by Gasteiger charge is 2.28. The van der Waals surface area contributed by atoms with Gasteiger partial charge in [-0.3, -0.25) is 4.79 Å². The Bertz CT molecular complexity index is 701. The lowest BCUT2D eigenvalue weighted by molar-refractivity contribution is -0.138. The van der Waals surface area contributed by atoms with E-state index in [1.165, 1.54) is 18.6 Å². The molecule has 0 saturated heterocycles. The molecule has 0 spiro atoms. The lowest BCUT2D eigenvalue weighted by atomic mass is 9.97. The van der Waals surface area contributed by atoms with E-state index in [9.17, 15) is 19.8 Å². The van der Waals surface area contributed by atoms with Gasteiger partial charge in [0, 0.05) is 23.5 Å². The molecule has 2 aromatic rings. The fraction of sp³-hybridized carbons (Fsp3) is 0.286. The number of aromatic carboxylic acids is 1. The van der Waals surface area contributed by atoms with Gasteiger partial charge in [0.1, 0.15) is 11.4 Å². The zero-order valence-corrected chi connectivity index (χ0v) is 11.4. The SMILES string of the molecule is COc1ccc2c(c1)c(C(C)C(=O)O)c(C(=O)O)n2C. The van der Waals surface area contributed by atoms with E-state index in [0.29, 0.717) is 22.2 Å². The maximum Gasteiger partial charge on any atom is 0.352 e. The van der Waals surface area contributed by atoms with Crippen molar-refractivity contribution in [2.24, 2.45) is 7.05 Å². The van der Waals surface area contributed by atoms with Crippen molar-refractivity contribution < 1.29 is 24.5 Å². The van der Waals surface area contributed by atoms with Crippen LogP contribution in [0.4, 0.5) is 0 Å². The van der Waals surface area contributed by atoms with Gasteiger partial charge in [-0.05, 0) is 25.1 Å². The van der Waals surface area contributed by atoms with E-state index in [4.69, 9.17) is 4.74 Å². The van der Waals surface area contributed by atoms with Gasteiger partial charge in [0.25, 0.3) is 0 Å². The third-order valence-corrected chi connectivity index (χ3v) is 3.45. The first kappa shape index (κ1) is 13.9. The second-order valence-corrected chi connectivity index (χ2v) is 4.57. The van der Waals surface area contributed by atoms with Crippen LogP contribution in [0.25, 0.3) is 10.9 Å². The normalized spacial score (nSPS) is 12.3. The molecule has 2 N–H and O–H groups in total. The highest BCUT2D eigenvalue weighted by Crippen LogP contribution is 2.34. The van der Waals surface area contributed by atoms with Crippen LogP contribution in [0.1, 0.15) is 28.9 Å². The molecule has 0 radical (unpaired) electrons. The molecular weight excluding hydrogens is 262 g/mol. The van der Waals surface area contributed by atoms with Crippen molar-refractivity contribution in [3.63, 3.8) is 0 Å². The van der Waals surface area contributed by atoms with Gasteiger partial charge < -0.3 is 19.5 Å². The van der Waals surface area contributed by atoms with Crippen molar-refractivity contribution in [3.8, 4) is 5.75 Å². The van der Waals surface area contributed by atoms with Gasteiger partial charge in [0.15, 0.2) is 0 Å². The number of benzene rings is 1. The zero-order valence-electron chi connectivity index (χ0n) is 11.4. The largest absolute Gasteiger partial charge is 0.497 e. The Balaban J connectivity index is 2.88. The Hall–Kier alpha value is -2.50. The fourth-order valence-electron chi connectivity index (χ4n) is 2.40. The minimum absolute atomic E-state index is 0.0110. The molecule has 20 heavy (non-hydrogen) atoms. The first-order valence-corrected chi connectivity index (χ1v) is 6.00. The van der Waals surface area contributed by atoms with Crippen LogP contribution in [0.5, 0.6) is 5.75 Å². The Morgan fingerprint density at radius 2 is 1.95 bits per heavy atom. The van der Waals surface area contributed by atoms with Gasteiger partial charge >= 0.3 is 11.9 Å². The summed E-state index contributed by atoms with van der Waals surface area (Å²) in [5.41, 5.74) is 0.941. The summed E-state index contributed by atoms with van der Waals surface area (Å²) in [6, 6.07) is 5.10. The average molecular weight is 277 g/mol. The molecule has 0 aliphatic rings. The first-order chi connectivity index (χ1) is 9.38. The van der Waals surface area contributed by atoms with Gasteiger partial charge in [0.05, 0.1) is 13.0 Å². The van der Waals surface area contributed by atoms with Crippen LogP contribution in [0.3, 0.4) is 0 Å². The predicted octanol–water partition coefficient (Wildman–Crippen LogP) is 2.07. The molecule has 1 heterocycles. The van der Waals surface area contributed by atoms with E-state index >= 15 is 0 Å². The summed E-state index contributed by atoms with van der Waals surface area (Å²) >= 11 is 0. The summed E-state index contributed by atoms with van der Waals surface area (Å²) in [6.45, 7) is 1.48. The number of aryl methyl sites for hydroxylation is 1. The highest BCUT2D eigenvalue weighted by molar-refractivity contribution is 6.01. The molecule has 1 aromatic carbocycles. The van der Waals surface area contributed by atoms with E-state index in [2.05, 4.69) is 0 Å². The number of hydrogen-bond acceptors (Lipinski definition) is 3. The topological polar surface area (TPSA) is 88.8 Å². The van der Waals surface area contributed by atoms with Gasteiger partial charge in [0.2, 0.25) is 0 Å². The molecule has 6 heteroatoms. The number of aliphatic carboxylic acids is 1. The number of nitrogens with zero attached hydrogens (tertiary/aromatic N) is 1. The van der Waals surface area contributed by atoms with E-state index in [-0.39, 0.29) is 5.69 Å². The van der Waals surface area contributed by atoms with Crippen molar-refractivity contribution in [2.75, 3.05) is 7.11 Å². The number of ether oxygens (including phenoxy) is 1.